The molecule has 1 aromatic heterocycles. The Kier molecular flexibility index (Phi) is 4.73. The highest BCUT2D eigenvalue weighted by Crippen LogP contribution is 2.41. The molecule has 2 aliphatic heterocycles. The first-order valence-corrected chi connectivity index (χ1v) is 11.6. The number of rotatable bonds is 4. The first kappa shape index (κ1) is 20.1. The Hall–Kier alpha value is -3.57. The topological polar surface area (TPSA) is 42.6 Å². The van der Waals surface area contributed by atoms with Crippen molar-refractivity contribution >= 4 is 45.9 Å². The summed E-state index contributed by atoms with van der Waals surface area (Å²) >= 11 is 6.16. The van der Waals surface area contributed by atoms with Gasteiger partial charge >= 0.3 is 0 Å². The Balaban J connectivity index is 1.54. The number of imidazole rings is 1. The van der Waals surface area contributed by atoms with Crippen molar-refractivity contribution in [2.24, 2.45) is 4.99 Å². The van der Waals surface area contributed by atoms with E-state index < -0.39 is 0 Å². The predicted molar refractivity (Wildman–Crippen MR) is 135 cm³/mol. The molecule has 0 amide bonds. The maximum absolute atomic E-state index is 6.42. The minimum atomic E-state index is -0.288. The van der Waals surface area contributed by atoms with E-state index in [0.717, 1.165) is 58.1 Å². The lowest BCUT2D eigenvalue weighted by molar-refractivity contribution is 0.516. The normalized spacial score (nSPS) is 16.3. The van der Waals surface area contributed by atoms with E-state index in [1.807, 2.05) is 42.5 Å². The average molecular weight is 455 g/mol. The van der Waals surface area contributed by atoms with Gasteiger partial charge in [-0.25, -0.2) is 9.98 Å². The number of aromatic nitrogens is 2. The molecule has 6 heteroatoms. The summed E-state index contributed by atoms with van der Waals surface area (Å²) in [6.07, 6.45) is 1.85. The van der Waals surface area contributed by atoms with E-state index in [0.29, 0.717) is 10.9 Å². The standard InChI is InChI=1S/C27H23ClN4O/c1-3-31(4-2)20-14-11-18-15-21-26-29-22-7-5-6-8-23(22)32(26)25(17-9-12-19(28)13-10-17)30-27(21)33-24(18)16-20/h5-16,25H,3-4H2,1-2H3/t25-/m0/s1. The molecule has 0 saturated heterocycles. The lowest BCUT2D eigenvalue weighted by Gasteiger charge is -2.29. The number of para-hydroxylation sites is 2. The second-order valence-electron chi connectivity index (χ2n) is 8.21. The van der Waals surface area contributed by atoms with E-state index >= 15 is 0 Å². The van der Waals surface area contributed by atoms with Gasteiger partial charge in [0.15, 0.2) is 6.17 Å². The molecule has 164 valence electrons. The van der Waals surface area contributed by atoms with Gasteiger partial charge in [-0.15, -0.1) is 0 Å². The summed E-state index contributed by atoms with van der Waals surface area (Å²) in [5, 5.41) is 0.699. The largest absolute Gasteiger partial charge is 0.438 e. The van der Waals surface area contributed by atoms with Gasteiger partial charge in [0.25, 0.3) is 0 Å². The molecule has 3 heterocycles. The molecule has 0 saturated carbocycles. The molecule has 2 aliphatic rings. The third-order valence-electron chi connectivity index (χ3n) is 6.35. The lowest BCUT2D eigenvalue weighted by Crippen LogP contribution is -2.27. The van der Waals surface area contributed by atoms with E-state index in [1.54, 1.807) is 0 Å². The van der Waals surface area contributed by atoms with Crippen molar-refractivity contribution in [1.82, 2.24) is 9.55 Å². The summed E-state index contributed by atoms with van der Waals surface area (Å²) in [4.78, 5) is 12.4. The molecule has 3 aromatic carbocycles. The van der Waals surface area contributed by atoms with Gasteiger partial charge in [0.1, 0.15) is 11.6 Å². The molecular formula is C27H23ClN4O. The van der Waals surface area contributed by atoms with Gasteiger partial charge < -0.3 is 9.64 Å². The van der Waals surface area contributed by atoms with Gasteiger partial charge in [0.2, 0.25) is 5.90 Å². The van der Waals surface area contributed by atoms with Crippen LogP contribution in [0.5, 0.6) is 5.75 Å². The first-order valence-electron chi connectivity index (χ1n) is 11.3. The Morgan fingerprint density at radius 1 is 1.00 bits per heavy atom. The van der Waals surface area contributed by atoms with Crippen LogP contribution in [0.3, 0.4) is 0 Å². The monoisotopic (exact) mass is 454 g/mol. The van der Waals surface area contributed by atoms with Crippen molar-refractivity contribution in [3.8, 4) is 5.75 Å². The average Bonchev–Trinajstić information content (AvgIpc) is 3.24. The molecule has 6 rings (SSSR count). The molecule has 0 fully saturated rings. The number of ether oxygens (including phenoxy) is 1. The highest BCUT2D eigenvalue weighted by molar-refractivity contribution is 6.30. The summed E-state index contributed by atoms with van der Waals surface area (Å²) in [6, 6.07) is 22.4. The van der Waals surface area contributed by atoms with Gasteiger partial charge in [-0.3, -0.25) is 4.57 Å². The zero-order valence-electron chi connectivity index (χ0n) is 18.5. The molecule has 4 aromatic rings. The molecular weight excluding hydrogens is 432 g/mol. The maximum Gasteiger partial charge on any atom is 0.228 e. The molecule has 0 unspecified atom stereocenters. The maximum atomic E-state index is 6.42. The zero-order valence-corrected chi connectivity index (χ0v) is 19.3. The molecule has 0 N–H and O–H groups in total. The van der Waals surface area contributed by atoms with Crippen LogP contribution in [-0.2, 0) is 0 Å². The minimum Gasteiger partial charge on any atom is -0.438 e. The fourth-order valence-corrected chi connectivity index (χ4v) is 4.78. The molecule has 0 bridgehead atoms. The van der Waals surface area contributed by atoms with Crippen LogP contribution in [0.1, 0.15) is 37.0 Å². The lowest BCUT2D eigenvalue weighted by atomic mass is 10.0. The predicted octanol–water partition coefficient (Wildman–Crippen LogP) is 6.43. The highest BCUT2D eigenvalue weighted by atomic mass is 35.5. The smallest absolute Gasteiger partial charge is 0.228 e. The third kappa shape index (κ3) is 3.23. The Morgan fingerprint density at radius 3 is 2.58 bits per heavy atom. The molecule has 0 spiro atoms. The summed E-state index contributed by atoms with van der Waals surface area (Å²) in [5.74, 6) is 2.28. The zero-order chi connectivity index (χ0) is 22.5. The molecule has 5 nitrogen and oxygen atoms in total. The molecule has 0 aliphatic carbocycles. The van der Waals surface area contributed by atoms with E-state index in [9.17, 15) is 0 Å². The summed E-state index contributed by atoms with van der Waals surface area (Å²) in [5.41, 5.74) is 6.09. The van der Waals surface area contributed by atoms with E-state index in [-0.39, 0.29) is 6.17 Å². The highest BCUT2D eigenvalue weighted by Gasteiger charge is 2.33. The van der Waals surface area contributed by atoms with Crippen molar-refractivity contribution in [3.63, 3.8) is 0 Å². The van der Waals surface area contributed by atoms with Gasteiger partial charge in [0, 0.05) is 35.4 Å². The van der Waals surface area contributed by atoms with Crippen LogP contribution in [-0.4, -0.2) is 28.5 Å². The van der Waals surface area contributed by atoms with Crippen LogP contribution >= 0.6 is 11.6 Å². The van der Waals surface area contributed by atoms with Gasteiger partial charge in [-0.1, -0.05) is 35.9 Å². The van der Waals surface area contributed by atoms with E-state index in [2.05, 4.69) is 53.7 Å². The minimum absolute atomic E-state index is 0.288. The Morgan fingerprint density at radius 2 is 1.79 bits per heavy atom. The Bertz CT molecular complexity index is 1430. The molecule has 0 radical (unpaired) electrons. The molecule has 33 heavy (non-hydrogen) atoms. The van der Waals surface area contributed by atoms with Crippen LogP contribution in [0.4, 0.5) is 5.69 Å². The van der Waals surface area contributed by atoms with Gasteiger partial charge in [-0.2, -0.15) is 0 Å². The Labute approximate surface area is 197 Å². The summed E-state index contributed by atoms with van der Waals surface area (Å²) in [7, 11) is 0. The number of hydrogen-bond donors (Lipinski definition) is 0. The number of fused-ring (bicyclic) bond motifs is 6. The van der Waals surface area contributed by atoms with Crippen LogP contribution in [0.2, 0.25) is 5.02 Å². The van der Waals surface area contributed by atoms with Crippen molar-refractivity contribution in [1.29, 1.82) is 0 Å². The number of anilines is 1. The quantitative estimate of drug-likeness (QED) is 0.357. The number of benzene rings is 3. The second kappa shape index (κ2) is 7.78. The van der Waals surface area contributed by atoms with E-state index in [1.165, 1.54) is 0 Å². The summed E-state index contributed by atoms with van der Waals surface area (Å²) in [6.45, 7) is 6.21. The van der Waals surface area contributed by atoms with Crippen LogP contribution in [0.15, 0.2) is 71.7 Å². The molecule has 1 atom stereocenters. The van der Waals surface area contributed by atoms with Crippen LogP contribution in [0.25, 0.3) is 22.7 Å². The van der Waals surface area contributed by atoms with Crippen molar-refractivity contribution < 1.29 is 4.74 Å². The number of halogens is 1. The fraction of sp³-hybridized carbons (Fsp3) is 0.185. The van der Waals surface area contributed by atoms with Crippen LogP contribution < -0.4 is 9.64 Å². The van der Waals surface area contributed by atoms with Gasteiger partial charge in [-0.05, 0) is 61.9 Å². The van der Waals surface area contributed by atoms with Crippen molar-refractivity contribution in [2.75, 3.05) is 18.0 Å². The van der Waals surface area contributed by atoms with Crippen LogP contribution in [0, 0.1) is 0 Å². The second-order valence-corrected chi connectivity index (χ2v) is 8.64. The summed E-state index contributed by atoms with van der Waals surface area (Å²) < 4.78 is 8.61. The SMILES string of the molecule is CCN(CC)c1ccc2c(c1)OC1=N[C@H](c3ccc(Cl)cc3)n3c(nc4ccccc43)C1=C2. The van der Waals surface area contributed by atoms with Gasteiger partial charge in [0.05, 0.1) is 16.6 Å². The number of aliphatic imine (C=N–C) groups is 1. The first-order chi connectivity index (χ1) is 16.2. The number of nitrogens with zero attached hydrogens (tertiary/aromatic N) is 4. The third-order valence-corrected chi connectivity index (χ3v) is 6.60. The van der Waals surface area contributed by atoms with Crippen molar-refractivity contribution in [2.45, 2.75) is 20.0 Å². The number of hydrogen-bond acceptors (Lipinski definition) is 4. The fourth-order valence-electron chi connectivity index (χ4n) is 4.66. The van der Waals surface area contributed by atoms with E-state index in [4.69, 9.17) is 26.3 Å². The van der Waals surface area contributed by atoms with Crippen molar-refractivity contribution in [3.05, 3.63) is 88.7 Å².